The summed E-state index contributed by atoms with van der Waals surface area (Å²) in [7, 11) is 1.67. The Morgan fingerprint density at radius 2 is 2.12 bits per heavy atom. The van der Waals surface area contributed by atoms with Crippen LogP contribution in [0.3, 0.4) is 0 Å². The maximum Gasteiger partial charge on any atom is 0.129 e. The van der Waals surface area contributed by atoms with Gasteiger partial charge in [-0.3, -0.25) is 0 Å². The average Bonchev–Trinajstić information content (AvgIpc) is 2.72. The molecule has 3 nitrogen and oxygen atoms in total. The molecule has 4 heteroatoms. The van der Waals surface area contributed by atoms with E-state index in [1.165, 1.54) is 18.6 Å². The molecule has 0 fully saturated rings. The smallest absolute Gasteiger partial charge is 0.129 e. The molecule has 1 rings (SSSR count). The van der Waals surface area contributed by atoms with Crippen molar-refractivity contribution in [3.8, 4) is 0 Å². The molecule has 0 spiro atoms. The van der Waals surface area contributed by atoms with E-state index in [2.05, 4.69) is 11.6 Å². The van der Waals surface area contributed by atoms with E-state index in [-0.39, 0.29) is 0 Å². The highest BCUT2D eigenvalue weighted by Gasteiger charge is 2.00. The van der Waals surface area contributed by atoms with Gasteiger partial charge in [-0.1, -0.05) is 0 Å². The third kappa shape index (κ3) is 5.58. The Balaban J connectivity index is 2.07. The number of unbranched alkanes of at least 4 members (excludes halogenated alkanes) is 1. The van der Waals surface area contributed by atoms with Crippen molar-refractivity contribution in [3.63, 3.8) is 0 Å². The number of hydrogen-bond acceptors (Lipinski definition) is 4. The van der Waals surface area contributed by atoms with E-state index in [1.54, 1.807) is 7.11 Å². The zero-order valence-corrected chi connectivity index (χ0v) is 10.9. The number of thioether (sulfide) groups is 1. The number of methoxy groups -OCH3 is 1. The Labute approximate surface area is 102 Å². The first-order valence-corrected chi connectivity index (χ1v) is 7.02. The van der Waals surface area contributed by atoms with Crippen molar-refractivity contribution in [1.29, 1.82) is 0 Å². The molecule has 0 saturated carbocycles. The van der Waals surface area contributed by atoms with Gasteiger partial charge in [-0.05, 0) is 43.5 Å². The van der Waals surface area contributed by atoms with Crippen molar-refractivity contribution in [3.05, 3.63) is 23.7 Å². The predicted octanol–water partition coefficient (Wildman–Crippen LogP) is 2.66. The van der Waals surface area contributed by atoms with Gasteiger partial charge in [0, 0.05) is 7.11 Å². The van der Waals surface area contributed by atoms with E-state index in [0.29, 0.717) is 6.61 Å². The van der Waals surface area contributed by atoms with E-state index < -0.39 is 0 Å². The molecule has 0 bridgehead atoms. The largest absolute Gasteiger partial charge is 0.462 e. The van der Waals surface area contributed by atoms with Gasteiger partial charge in [-0.2, -0.15) is 11.8 Å². The minimum Gasteiger partial charge on any atom is -0.462 e. The summed E-state index contributed by atoms with van der Waals surface area (Å²) in [5, 5.41) is 3.37. The molecule has 0 unspecified atom stereocenters. The van der Waals surface area contributed by atoms with Crippen LogP contribution in [0.25, 0.3) is 0 Å². The summed E-state index contributed by atoms with van der Waals surface area (Å²) in [6.45, 7) is 2.41. The number of furan rings is 1. The molecule has 0 radical (unpaired) electrons. The van der Waals surface area contributed by atoms with Gasteiger partial charge < -0.3 is 14.5 Å². The lowest BCUT2D eigenvalue weighted by Gasteiger charge is -2.02. The summed E-state index contributed by atoms with van der Waals surface area (Å²) >= 11 is 1.90. The molecule has 0 aromatic carbocycles. The molecule has 1 aromatic heterocycles. The van der Waals surface area contributed by atoms with Crippen LogP contribution in [0.5, 0.6) is 0 Å². The van der Waals surface area contributed by atoms with Crippen LogP contribution in [0, 0.1) is 0 Å². The molecule has 0 aliphatic heterocycles. The lowest BCUT2D eigenvalue weighted by atomic mass is 10.3. The summed E-state index contributed by atoms with van der Waals surface area (Å²) in [5.74, 6) is 3.12. The van der Waals surface area contributed by atoms with Crippen LogP contribution in [0.15, 0.2) is 16.5 Å². The Bertz CT molecular complexity index is 276. The van der Waals surface area contributed by atoms with Gasteiger partial charge in [0.25, 0.3) is 0 Å². The SMILES string of the molecule is COCc1ccc(CNCCCCSC)o1. The van der Waals surface area contributed by atoms with E-state index in [1.807, 2.05) is 23.9 Å². The summed E-state index contributed by atoms with van der Waals surface area (Å²) in [6.07, 6.45) is 4.65. The first-order chi connectivity index (χ1) is 7.86. The lowest BCUT2D eigenvalue weighted by Crippen LogP contribution is -2.14. The maximum absolute atomic E-state index is 5.56. The summed E-state index contributed by atoms with van der Waals surface area (Å²) < 4.78 is 10.6. The molecule has 92 valence electrons. The Kier molecular flexibility index (Phi) is 7.38. The standard InChI is InChI=1S/C12H21NO2S/c1-14-10-12-6-5-11(15-12)9-13-7-3-4-8-16-2/h5-6,13H,3-4,7-10H2,1-2H3. The van der Waals surface area contributed by atoms with Gasteiger partial charge in [0.05, 0.1) is 6.54 Å². The number of nitrogens with one attached hydrogen (secondary N) is 1. The number of ether oxygens (including phenoxy) is 1. The quantitative estimate of drug-likeness (QED) is 0.676. The lowest BCUT2D eigenvalue weighted by molar-refractivity contribution is 0.162. The van der Waals surface area contributed by atoms with Crippen LogP contribution in [0.2, 0.25) is 0 Å². The van der Waals surface area contributed by atoms with Gasteiger partial charge in [0.1, 0.15) is 18.1 Å². The Hall–Kier alpha value is -0.450. The fourth-order valence-electron chi connectivity index (χ4n) is 1.45. The first-order valence-electron chi connectivity index (χ1n) is 5.63. The van der Waals surface area contributed by atoms with Crippen molar-refractivity contribution in [2.24, 2.45) is 0 Å². The highest BCUT2D eigenvalue weighted by Crippen LogP contribution is 2.08. The molecule has 0 atom stereocenters. The normalized spacial score (nSPS) is 10.9. The predicted molar refractivity (Wildman–Crippen MR) is 68.7 cm³/mol. The second-order valence-electron chi connectivity index (χ2n) is 3.68. The second kappa shape index (κ2) is 8.67. The fraction of sp³-hybridized carbons (Fsp3) is 0.667. The third-order valence-electron chi connectivity index (χ3n) is 2.26. The van der Waals surface area contributed by atoms with Gasteiger partial charge >= 0.3 is 0 Å². The van der Waals surface area contributed by atoms with Crippen LogP contribution in [-0.2, 0) is 17.9 Å². The zero-order chi connectivity index (χ0) is 11.6. The van der Waals surface area contributed by atoms with Crippen LogP contribution < -0.4 is 5.32 Å². The highest BCUT2D eigenvalue weighted by molar-refractivity contribution is 7.98. The monoisotopic (exact) mass is 243 g/mol. The number of rotatable bonds is 9. The van der Waals surface area contributed by atoms with Crippen molar-refractivity contribution in [2.75, 3.05) is 25.7 Å². The molecule has 0 aliphatic carbocycles. The minimum absolute atomic E-state index is 0.549. The van der Waals surface area contributed by atoms with Crippen molar-refractivity contribution >= 4 is 11.8 Å². The number of hydrogen-bond donors (Lipinski definition) is 1. The fourth-order valence-corrected chi connectivity index (χ4v) is 1.94. The van der Waals surface area contributed by atoms with Crippen molar-refractivity contribution < 1.29 is 9.15 Å². The molecule has 1 N–H and O–H groups in total. The summed E-state index contributed by atoms with van der Waals surface area (Å²) in [6, 6.07) is 3.97. The first kappa shape index (κ1) is 13.6. The van der Waals surface area contributed by atoms with Crippen molar-refractivity contribution in [2.45, 2.75) is 26.0 Å². The molecule has 0 saturated heterocycles. The maximum atomic E-state index is 5.56. The molecular weight excluding hydrogens is 222 g/mol. The van der Waals surface area contributed by atoms with Crippen LogP contribution in [0.1, 0.15) is 24.4 Å². The zero-order valence-electron chi connectivity index (χ0n) is 10.1. The van der Waals surface area contributed by atoms with Gasteiger partial charge in [0.15, 0.2) is 0 Å². The molecule has 1 aromatic rings. The van der Waals surface area contributed by atoms with Gasteiger partial charge in [-0.15, -0.1) is 0 Å². The summed E-state index contributed by atoms with van der Waals surface area (Å²) in [5.41, 5.74) is 0. The second-order valence-corrected chi connectivity index (χ2v) is 4.66. The van der Waals surface area contributed by atoms with Gasteiger partial charge in [-0.25, -0.2) is 0 Å². The van der Waals surface area contributed by atoms with Crippen LogP contribution in [-0.4, -0.2) is 25.7 Å². The van der Waals surface area contributed by atoms with E-state index in [4.69, 9.17) is 9.15 Å². The van der Waals surface area contributed by atoms with Gasteiger partial charge in [0.2, 0.25) is 0 Å². The van der Waals surface area contributed by atoms with E-state index in [9.17, 15) is 0 Å². The molecule has 1 heterocycles. The van der Waals surface area contributed by atoms with Crippen molar-refractivity contribution in [1.82, 2.24) is 5.32 Å². The van der Waals surface area contributed by atoms with Crippen LogP contribution >= 0.6 is 11.8 Å². The molecule has 16 heavy (non-hydrogen) atoms. The highest BCUT2D eigenvalue weighted by atomic mass is 32.2. The van der Waals surface area contributed by atoms with Crippen LogP contribution in [0.4, 0.5) is 0 Å². The third-order valence-corrected chi connectivity index (χ3v) is 2.95. The summed E-state index contributed by atoms with van der Waals surface area (Å²) in [4.78, 5) is 0. The Morgan fingerprint density at radius 1 is 1.31 bits per heavy atom. The molecule has 0 aliphatic rings. The average molecular weight is 243 g/mol. The molecular formula is C12H21NO2S. The topological polar surface area (TPSA) is 34.4 Å². The minimum atomic E-state index is 0.549. The Morgan fingerprint density at radius 3 is 2.88 bits per heavy atom. The van der Waals surface area contributed by atoms with E-state index >= 15 is 0 Å². The van der Waals surface area contributed by atoms with E-state index in [0.717, 1.165) is 24.6 Å². The molecule has 0 amide bonds.